The third kappa shape index (κ3) is 3.19. The van der Waals surface area contributed by atoms with Gasteiger partial charge in [0, 0.05) is 12.1 Å². The Labute approximate surface area is 127 Å². The van der Waals surface area contributed by atoms with Crippen LogP contribution in [0.5, 0.6) is 0 Å². The second-order valence-corrected chi connectivity index (χ2v) is 5.17. The summed E-state index contributed by atoms with van der Waals surface area (Å²) in [7, 11) is 0. The van der Waals surface area contributed by atoms with Crippen molar-refractivity contribution < 1.29 is 4.39 Å². The zero-order valence-corrected chi connectivity index (χ0v) is 12.7. The monoisotopic (exact) mass is 313 g/mol. The summed E-state index contributed by atoms with van der Waals surface area (Å²) in [5.74, 6) is 0.198. The summed E-state index contributed by atoms with van der Waals surface area (Å²) < 4.78 is 13.9. The van der Waals surface area contributed by atoms with Crippen molar-refractivity contribution in [1.29, 1.82) is 0 Å². The Morgan fingerprint density at radius 3 is 2.60 bits per heavy atom. The molecule has 1 aromatic heterocycles. The molecule has 0 amide bonds. The Hall–Kier alpha value is -1.39. The van der Waals surface area contributed by atoms with Crippen molar-refractivity contribution in [3.8, 4) is 11.4 Å². The van der Waals surface area contributed by atoms with Gasteiger partial charge < -0.3 is 5.32 Å². The van der Waals surface area contributed by atoms with Crippen LogP contribution in [0.1, 0.15) is 19.0 Å². The molecule has 106 valence electrons. The smallest absolute Gasteiger partial charge is 0.186 e. The van der Waals surface area contributed by atoms with Crippen LogP contribution in [0, 0.1) is 12.7 Å². The van der Waals surface area contributed by atoms with E-state index >= 15 is 0 Å². The van der Waals surface area contributed by atoms with E-state index in [0.29, 0.717) is 33.7 Å². The summed E-state index contributed by atoms with van der Waals surface area (Å²) in [6, 6.07) is 5.09. The van der Waals surface area contributed by atoms with Gasteiger partial charge in [0.25, 0.3) is 0 Å². The Kier molecular flexibility index (Phi) is 4.78. The highest BCUT2D eigenvalue weighted by Gasteiger charge is 2.13. The van der Waals surface area contributed by atoms with Crippen LogP contribution in [0.25, 0.3) is 11.4 Å². The normalized spacial score (nSPS) is 10.7. The van der Waals surface area contributed by atoms with Gasteiger partial charge in [-0.3, -0.25) is 0 Å². The van der Waals surface area contributed by atoms with Crippen molar-refractivity contribution in [1.82, 2.24) is 9.97 Å². The summed E-state index contributed by atoms with van der Waals surface area (Å²) in [4.78, 5) is 8.37. The topological polar surface area (TPSA) is 37.8 Å². The highest BCUT2D eigenvalue weighted by Crippen LogP contribution is 2.28. The van der Waals surface area contributed by atoms with E-state index in [2.05, 4.69) is 15.3 Å². The molecule has 3 nitrogen and oxygen atoms in total. The predicted molar refractivity (Wildman–Crippen MR) is 81.0 cm³/mol. The molecule has 2 rings (SSSR count). The van der Waals surface area contributed by atoms with Crippen molar-refractivity contribution in [3.05, 3.63) is 39.8 Å². The van der Waals surface area contributed by atoms with E-state index in [1.807, 2.05) is 6.92 Å². The number of nitrogens with zero attached hydrogens (tertiary/aromatic N) is 2. The lowest BCUT2D eigenvalue weighted by Crippen LogP contribution is -2.08. The second-order valence-electron chi connectivity index (χ2n) is 4.35. The molecule has 0 unspecified atom stereocenters. The molecule has 0 saturated carbocycles. The van der Waals surface area contributed by atoms with Gasteiger partial charge in [-0.2, -0.15) is 0 Å². The molecular formula is C14H14Cl2FN3. The first-order chi connectivity index (χ1) is 9.52. The van der Waals surface area contributed by atoms with E-state index in [1.54, 1.807) is 25.1 Å². The number of anilines is 1. The Morgan fingerprint density at radius 1 is 1.20 bits per heavy atom. The van der Waals surface area contributed by atoms with E-state index < -0.39 is 5.82 Å². The average molecular weight is 314 g/mol. The standard InChI is InChI=1S/C14H14Cl2FN3/c1-3-6-18-14-12(17)8(2)19-13(20-14)9-4-5-10(15)11(16)7-9/h4-5,7H,3,6H2,1-2H3,(H,18,19,20). The number of hydrogen-bond donors (Lipinski definition) is 1. The van der Waals surface area contributed by atoms with E-state index in [-0.39, 0.29) is 5.82 Å². The zero-order chi connectivity index (χ0) is 14.7. The number of aryl methyl sites for hydroxylation is 1. The van der Waals surface area contributed by atoms with E-state index in [9.17, 15) is 4.39 Å². The quantitative estimate of drug-likeness (QED) is 0.887. The highest BCUT2D eigenvalue weighted by molar-refractivity contribution is 6.42. The maximum Gasteiger partial charge on any atom is 0.186 e. The second kappa shape index (κ2) is 6.37. The molecule has 20 heavy (non-hydrogen) atoms. The lowest BCUT2D eigenvalue weighted by molar-refractivity contribution is 0.605. The molecule has 1 aromatic carbocycles. The summed E-state index contributed by atoms with van der Waals surface area (Å²) in [6.45, 7) is 4.25. The van der Waals surface area contributed by atoms with Crippen LogP contribution < -0.4 is 5.32 Å². The molecule has 1 N–H and O–H groups in total. The molecule has 0 atom stereocenters. The maximum atomic E-state index is 13.9. The number of nitrogens with one attached hydrogen (secondary N) is 1. The number of hydrogen-bond acceptors (Lipinski definition) is 3. The Morgan fingerprint density at radius 2 is 1.95 bits per heavy atom. The van der Waals surface area contributed by atoms with Crippen molar-refractivity contribution in [3.63, 3.8) is 0 Å². The minimum Gasteiger partial charge on any atom is -0.368 e. The van der Waals surface area contributed by atoms with Crippen LogP contribution in [-0.4, -0.2) is 16.5 Å². The van der Waals surface area contributed by atoms with Crippen molar-refractivity contribution in [2.45, 2.75) is 20.3 Å². The third-order valence-electron chi connectivity index (χ3n) is 2.74. The minimum absolute atomic E-state index is 0.209. The molecule has 0 aliphatic heterocycles. The maximum absolute atomic E-state index is 13.9. The number of rotatable bonds is 4. The Bertz CT molecular complexity index is 632. The molecule has 1 heterocycles. The molecule has 0 bridgehead atoms. The van der Waals surface area contributed by atoms with E-state index in [1.165, 1.54) is 0 Å². The predicted octanol–water partition coefficient (Wildman–Crippen LogP) is 4.72. The fourth-order valence-corrected chi connectivity index (χ4v) is 1.98. The lowest BCUT2D eigenvalue weighted by atomic mass is 10.2. The number of aromatic nitrogens is 2. The van der Waals surface area contributed by atoms with E-state index in [0.717, 1.165) is 6.42 Å². The minimum atomic E-state index is -0.428. The highest BCUT2D eigenvalue weighted by atomic mass is 35.5. The third-order valence-corrected chi connectivity index (χ3v) is 3.48. The fourth-order valence-electron chi connectivity index (χ4n) is 1.68. The molecular weight excluding hydrogens is 300 g/mol. The van der Waals surface area contributed by atoms with Gasteiger partial charge in [-0.15, -0.1) is 0 Å². The lowest BCUT2D eigenvalue weighted by Gasteiger charge is -2.10. The summed E-state index contributed by atoms with van der Waals surface area (Å²) in [5.41, 5.74) is 0.988. The first kappa shape index (κ1) is 15.0. The summed E-state index contributed by atoms with van der Waals surface area (Å²) >= 11 is 11.9. The zero-order valence-electron chi connectivity index (χ0n) is 11.2. The largest absolute Gasteiger partial charge is 0.368 e. The number of benzene rings is 1. The molecule has 0 radical (unpaired) electrons. The average Bonchev–Trinajstić information content (AvgIpc) is 2.43. The molecule has 0 saturated heterocycles. The SMILES string of the molecule is CCCNc1nc(-c2ccc(Cl)c(Cl)c2)nc(C)c1F. The first-order valence-corrected chi connectivity index (χ1v) is 7.02. The van der Waals surface area contributed by atoms with Gasteiger partial charge in [-0.25, -0.2) is 14.4 Å². The van der Waals surface area contributed by atoms with E-state index in [4.69, 9.17) is 23.2 Å². The number of halogens is 3. The van der Waals surface area contributed by atoms with Gasteiger partial charge in [0.05, 0.1) is 15.7 Å². The van der Waals surface area contributed by atoms with Crippen molar-refractivity contribution >= 4 is 29.0 Å². The molecule has 0 spiro atoms. The molecule has 0 fully saturated rings. The van der Waals surface area contributed by atoms with Gasteiger partial charge in [-0.1, -0.05) is 30.1 Å². The van der Waals surface area contributed by atoms with Crippen LogP contribution in [0.15, 0.2) is 18.2 Å². The van der Waals surface area contributed by atoms with Crippen molar-refractivity contribution in [2.24, 2.45) is 0 Å². The van der Waals surface area contributed by atoms with Crippen LogP contribution in [0.3, 0.4) is 0 Å². The van der Waals surface area contributed by atoms with Gasteiger partial charge in [0.2, 0.25) is 0 Å². The molecule has 2 aromatic rings. The van der Waals surface area contributed by atoms with Crippen molar-refractivity contribution in [2.75, 3.05) is 11.9 Å². The fraction of sp³-hybridized carbons (Fsp3) is 0.286. The first-order valence-electron chi connectivity index (χ1n) is 6.26. The van der Waals surface area contributed by atoms with Crippen LogP contribution >= 0.6 is 23.2 Å². The molecule has 0 aliphatic rings. The summed E-state index contributed by atoms with van der Waals surface area (Å²) in [6.07, 6.45) is 0.880. The summed E-state index contributed by atoms with van der Waals surface area (Å²) in [5, 5.41) is 3.83. The van der Waals surface area contributed by atoms with Crippen LogP contribution in [0.4, 0.5) is 10.2 Å². The van der Waals surface area contributed by atoms with Gasteiger partial charge in [-0.05, 0) is 31.5 Å². The Balaban J connectivity index is 2.45. The van der Waals surface area contributed by atoms with Crippen LogP contribution in [-0.2, 0) is 0 Å². The van der Waals surface area contributed by atoms with Gasteiger partial charge in [0.15, 0.2) is 17.5 Å². The van der Waals surface area contributed by atoms with Gasteiger partial charge in [0.1, 0.15) is 0 Å². The van der Waals surface area contributed by atoms with Gasteiger partial charge >= 0.3 is 0 Å². The van der Waals surface area contributed by atoms with Crippen LogP contribution in [0.2, 0.25) is 10.0 Å². The molecule has 0 aliphatic carbocycles. The molecule has 6 heteroatoms.